The van der Waals surface area contributed by atoms with Crippen LogP contribution in [0.25, 0.3) is 6.08 Å². The Labute approximate surface area is 184 Å². The fourth-order valence-electron chi connectivity index (χ4n) is 2.79. The first-order chi connectivity index (χ1) is 14.9. The van der Waals surface area contributed by atoms with E-state index in [9.17, 15) is 13.2 Å². The van der Waals surface area contributed by atoms with Gasteiger partial charge in [-0.3, -0.25) is 4.79 Å². The number of nitrogens with zero attached hydrogens (tertiary/aromatic N) is 1. The van der Waals surface area contributed by atoms with Crippen LogP contribution in [0.3, 0.4) is 0 Å². The van der Waals surface area contributed by atoms with Crippen LogP contribution in [0.1, 0.15) is 11.1 Å². The lowest BCUT2D eigenvalue weighted by Crippen LogP contribution is -2.19. The third-order valence-corrected chi connectivity index (χ3v) is 6.51. The van der Waals surface area contributed by atoms with E-state index in [0.717, 1.165) is 11.3 Å². The standard InChI is InChI=1S/C23H18N2O4S2/c1-16-11-13-18(14-12-16)24-23-25-22(26)21(30-23)15-17-7-5-6-10-20(17)29-31(27,28)19-8-3-2-4-9-19/h2-15H,1H3,(H,24,25,26)/b21-15-. The van der Waals surface area contributed by atoms with Gasteiger partial charge in [-0.05, 0) is 55.1 Å². The molecule has 6 nitrogen and oxygen atoms in total. The van der Waals surface area contributed by atoms with Crippen LogP contribution in [0.2, 0.25) is 0 Å². The number of carbonyl (C=O) groups excluding carboxylic acids is 1. The molecule has 1 aliphatic heterocycles. The maximum absolute atomic E-state index is 12.6. The van der Waals surface area contributed by atoms with Crippen molar-refractivity contribution in [3.8, 4) is 5.75 Å². The summed E-state index contributed by atoms with van der Waals surface area (Å²) in [7, 11) is -4.00. The minimum Gasteiger partial charge on any atom is -0.378 e. The Morgan fingerprint density at radius 2 is 1.61 bits per heavy atom. The molecular formula is C23H18N2O4S2. The summed E-state index contributed by atoms with van der Waals surface area (Å²) >= 11 is 1.18. The number of para-hydroxylation sites is 1. The third kappa shape index (κ3) is 5.04. The van der Waals surface area contributed by atoms with Gasteiger partial charge in [0.25, 0.3) is 5.91 Å². The van der Waals surface area contributed by atoms with Crippen LogP contribution in [0, 0.1) is 6.92 Å². The van der Waals surface area contributed by atoms with Crippen LogP contribution in [-0.4, -0.2) is 19.5 Å². The van der Waals surface area contributed by atoms with Crippen molar-refractivity contribution >= 4 is 44.7 Å². The highest BCUT2D eigenvalue weighted by Crippen LogP contribution is 2.31. The molecule has 1 aliphatic rings. The van der Waals surface area contributed by atoms with Gasteiger partial charge in [-0.1, -0.05) is 54.1 Å². The number of amidine groups is 1. The SMILES string of the molecule is Cc1ccc(N=C2NC(=O)/C(=C/c3ccccc3OS(=O)(=O)c3ccccc3)S2)cc1. The second kappa shape index (κ2) is 8.79. The van der Waals surface area contributed by atoms with Crippen LogP contribution in [0.4, 0.5) is 5.69 Å². The predicted octanol–water partition coefficient (Wildman–Crippen LogP) is 4.65. The number of carbonyl (C=O) groups is 1. The fraction of sp³-hybridized carbons (Fsp3) is 0.0435. The molecule has 3 aromatic carbocycles. The van der Waals surface area contributed by atoms with E-state index in [2.05, 4.69) is 10.3 Å². The van der Waals surface area contributed by atoms with Crippen molar-refractivity contribution in [2.45, 2.75) is 11.8 Å². The van der Waals surface area contributed by atoms with Crippen molar-refractivity contribution in [1.29, 1.82) is 0 Å². The summed E-state index contributed by atoms with van der Waals surface area (Å²) in [5.41, 5.74) is 2.32. The topological polar surface area (TPSA) is 84.8 Å². The van der Waals surface area contributed by atoms with E-state index in [1.165, 1.54) is 23.9 Å². The quantitative estimate of drug-likeness (QED) is 0.452. The molecule has 1 saturated heterocycles. The fourth-order valence-corrected chi connectivity index (χ4v) is 4.60. The van der Waals surface area contributed by atoms with Crippen molar-refractivity contribution in [2.24, 2.45) is 4.99 Å². The first kappa shape index (κ1) is 20.9. The van der Waals surface area contributed by atoms with E-state index in [0.29, 0.717) is 15.6 Å². The Balaban J connectivity index is 1.59. The van der Waals surface area contributed by atoms with Gasteiger partial charge in [-0.25, -0.2) is 4.99 Å². The molecule has 0 bridgehead atoms. The average Bonchev–Trinajstić information content (AvgIpc) is 3.10. The van der Waals surface area contributed by atoms with Crippen LogP contribution in [0.5, 0.6) is 5.75 Å². The lowest BCUT2D eigenvalue weighted by molar-refractivity contribution is -0.115. The van der Waals surface area contributed by atoms with Gasteiger partial charge in [0.05, 0.1) is 10.6 Å². The summed E-state index contributed by atoms with van der Waals surface area (Å²) in [6.45, 7) is 1.99. The van der Waals surface area contributed by atoms with Gasteiger partial charge < -0.3 is 9.50 Å². The zero-order valence-electron chi connectivity index (χ0n) is 16.5. The Morgan fingerprint density at radius 1 is 0.935 bits per heavy atom. The highest BCUT2D eigenvalue weighted by atomic mass is 32.2. The molecule has 8 heteroatoms. The van der Waals surface area contributed by atoms with E-state index in [-0.39, 0.29) is 16.6 Å². The summed E-state index contributed by atoms with van der Waals surface area (Å²) in [6, 6.07) is 22.2. The molecule has 0 aliphatic carbocycles. The van der Waals surface area contributed by atoms with Crippen LogP contribution < -0.4 is 9.50 Å². The van der Waals surface area contributed by atoms with Crippen molar-refractivity contribution in [3.63, 3.8) is 0 Å². The van der Waals surface area contributed by atoms with Gasteiger partial charge in [-0.2, -0.15) is 8.42 Å². The second-order valence-corrected chi connectivity index (χ2v) is 9.28. The molecule has 1 amide bonds. The second-order valence-electron chi connectivity index (χ2n) is 6.71. The molecule has 1 heterocycles. The largest absolute Gasteiger partial charge is 0.378 e. The lowest BCUT2D eigenvalue weighted by Gasteiger charge is -2.09. The number of nitrogens with one attached hydrogen (secondary N) is 1. The molecule has 31 heavy (non-hydrogen) atoms. The molecule has 3 aromatic rings. The number of hydrogen-bond acceptors (Lipinski definition) is 6. The molecule has 1 N–H and O–H groups in total. The van der Waals surface area contributed by atoms with Crippen molar-refractivity contribution < 1.29 is 17.4 Å². The maximum Gasteiger partial charge on any atom is 0.339 e. The molecule has 0 atom stereocenters. The number of aliphatic imine (C=N–C) groups is 1. The van der Waals surface area contributed by atoms with E-state index >= 15 is 0 Å². The molecule has 0 spiro atoms. The maximum atomic E-state index is 12.6. The number of aryl methyl sites for hydroxylation is 1. The average molecular weight is 451 g/mol. The molecule has 0 radical (unpaired) electrons. The molecular weight excluding hydrogens is 432 g/mol. The number of amides is 1. The number of thioether (sulfide) groups is 1. The zero-order chi connectivity index (χ0) is 21.8. The summed E-state index contributed by atoms with van der Waals surface area (Å²) in [6.07, 6.45) is 1.59. The summed E-state index contributed by atoms with van der Waals surface area (Å²) in [4.78, 5) is 17.3. The van der Waals surface area contributed by atoms with Crippen LogP contribution >= 0.6 is 11.8 Å². The molecule has 1 fully saturated rings. The lowest BCUT2D eigenvalue weighted by atomic mass is 10.2. The van der Waals surface area contributed by atoms with Crippen molar-refractivity contribution in [1.82, 2.24) is 5.32 Å². The van der Waals surface area contributed by atoms with Crippen molar-refractivity contribution in [2.75, 3.05) is 0 Å². The van der Waals surface area contributed by atoms with Gasteiger partial charge in [0.15, 0.2) is 5.17 Å². The van der Waals surface area contributed by atoms with E-state index in [1.54, 1.807) is 48.5 Å². The molecule has 0 unspecified atom stereocenters. The van der Waals surface area contributed by atoms with Gasteiger partial charge in [0.2, 0.25) is 0 Å². The minimum absolute atomic E-state index is 0.0537. The van der Waals surface area contributed by atoms with E-state index in [4.69, 9.17) is 4.18 Å². The van der Waals surface area contributed by atoms with Gasteiger partial charge in [0, 0.05) is 5.56 Å². The Bertz CT molecular complexity index is 1280. The Kier molecular flexibility index (Phi) is 5.92. The van der Waals surface area contributed by atoms with Crippen LogP contribution in [0.15, 0.2) is 93.7 Å². The summed E-state index contributed by atoms with van der Waals surface area (Å²) in [5.74, 6) is -0.173. The van der Waals surface area contributed by atoms with E-state index in [1.807, 2.05) is 31.2 Å². The first-order valence-corrected chi connectivity index (χ1v) is 11.6. The Hall–Kier alpha value is -3.36. The van der Waals surface area contributed by atoms with E-state index < -0.39 is 10.1 Å². The highest BCUT2D eigenvalue weighted by Gasteiger charge is 2.25. The van der Waals surface area contributed by atoms with Gasteiger partial charge >= 0.3 is 10.1 Å². The predicted molar refractivity (Wildman–Crippen MR) is 123 cm³/mol. The summed E-state index contributed by atoms with van der Waals surface area (Å²) < 4.78 is 30.5. The number of rotatable bonds is 5. The monoisotopic (exact) mass is 450 g/mol. The van der Waals surface area contributed by atoms with Crippen LogP contribution in [-0.2, 0) is 14.9 Å². The van der Waals surface area contributed by atoms with Gasteiger partial charge in [0.1, 0.15) is 10.6 Å². The smallest absolute Gasteiger partial charge is 0.339 e. The van der Waals surface area contributed by atoms with Gasteiger partial charge in [-0.15, -0.1) is 0 Å². The molecule has 0 aromatic heterocycles. The zero-order valence-corrected chi connectivity index (χ0v) is 18.1. The molecule has 0 saturated carbocycles. The highest BCUT2D eigenvalue weighted by molar-refractivity contribution is 8.18. The number of hydrogen-bond donors (Lipinski definition) is 1. The minimum atomic E-state index is -4.00. The van der Waals surface area contributed by atoms with Crippen molar-refractivity contribution in [3.05, 3.63) is 94.9 Å². The summed E-state index contributed by atoms with van der Waals surface area (Å²) in [5, 5.41) is 3.18. The number of benzene rings is 3. The third-order valence-electron chi connectivity index (χ3n) is 4.35. The normalized spacial score (nSPS) is 16.5. The molecule has 4 rings (SSSR count). The first-order valence-electron chi connectivity index (χ1n) is 9.35. The Morgan fingerprint density at radius 3 is 2.35 bits per heavy atom. The molecule has 156 valence electrons.